The van der Waals surface area contributed by atoms with E-state index in [0.29, 0.717) is 0 Å². The van der Waals surface area contributed by atoms with Crippen LogP contribution >= 0.6 is 0 Å². The molecule has 0 bridgehead atoms. The van der Waals surface area contributed by atoms with E-state index in [4.69, 9.17) is 9.97 Å². The van der Waals surface area contributed by atoms with Gasteiger partial charge in [-0.25, -0.2) is 0 Å². The van der Waals surface area contributed by atoms with Crippen molar-refractivity contribution in [2.45, 2.75) is 53.4 Å². The number of carbonyl (C=O) groups excluding carboxylic acids is 1. The Balaban J connectivity index is 0.000000121. The van der Waals surface area contributed by atoms with Crippen molar-refractivity contribution in [3.63, 3.8) is 0 Å². The van der Waals surface area contributed by atoms with Crippen LogP contribution in [0.15, 0.2) is 146 Å². The fourth-order valence-corrected chi connectivity index (χ4v) is 9.39. The van der Waals surface area contributed by atoms with Gasteiger partial charge in [0.15, 0.2) is 5.78 Å². The number of aliphatic hydroxyl groups is 1. The summed E-state index contributed by atoms with van der Waals surface area (Å²) in [5.74, 6) is 0.547. The SMILES string of the molecule is CCC(CC)C(=O)/C=C(\O)C(CC)CC.[Ir].[c-]1c2ccccc2cc2c1c1nccc3ccc4ccn2c4c31.[c-]1c2ccccc2cc2c1c1nccc3ccc4ccn2c4c31. The summed E-state index contributed by atoms with van der Waals surface area (Å²) in [5.41, 5.74) is 6.92. The van der Waals surface area contributed by atoms with E-state index in [1.165, 1.54) is 60.2 Å². The molecule has 0 aliphatic heterocycles. The monoisotopic (exact) mass is 987 g/mol. The second-order valence-electron chi connectivity index (χ2n) is 16.1. The fraction of sp³-hybridized carbons (Fsp3) is 0.182. The quantitative estimate of drug-likeness (QED) is 0.0568. The Morgan fingerprint density at radius 2 is 1.02 bits per heavy atom. The van der Waals surface area contributed by atoms with Crippen molar-refractivity contribution in [2.75, 3.05) is 0 Å². The molecule has 0 spiro atoms. The summed E-state index contributed by atoms with van der Waals surface area (Å²) in [4.78, 5) is 21.1. The molecule has 6 nitrogen and oxygen atoms in total. The van der Waals surface area contributed by atoms with Crippen molar-refractivity contribution < 1.29 is 30.0 Å². The molecule has 1 radical (unpaired) electrons. The Kier molecular flexibility index (Phi) is 11.1. The van der Waals surface area contributed by atoms with Gasteiger partial charge in [-0.05, 0) is 93.3 Å². The zero-order valence-electron chi connectivity index (χ0n) is 35.2. The number of fused-ring (bicyclic) bond motifs is 8. The Labute approximate surface area is 373 Å². The van der Waals surface area contributed by atoms with Crippen LogP contribution in [-0.2, 0) is 24.9 Å². The first kappa shape index (κ1) is 41.0. The third-order valence-corrected chi connectivity index (χ3v) is 12.8. The standard InChI is InChI=1S/2C21H11N2.C13H24O2.Ir/c2*1-2-4-16-12-18-17(11-15(16)3-1)20-19-13(7-9-22-20)5-6-14-8-10-23(18)21(14)19;1-5-10(6-2)12(14)9-13(15)11(7-3)8-4;/h2*1-10,12H;9-11,14H,5-8H2,1-4H3;/q2*-1;;/b;;12-9-;. The maximum Gasteiger partial charge on any atom is 0.162 e. The molecule has 0 saturated heterocycles. The molecule has 0 aliphatic rings. The first-order valence-corrected chi connectivity index (χ1v) is 21.5. The van der Waals surface area contributed by atoms with Crippen molar-refractivity contribution in [3.8, 4) is 0 Å². The minimum Gasteiger partial charge on any atom is -0.512 e. The van der Waals surface area contributed by atoms with Crippen molar-refractivity contribution in [3.05, 3.63) is 158 Å². The Bertz CT molecular complexity index is 3380. The maximum absolute atomic E-state index is 11.7. The number of hydrogen-bond donors (Lipinski definition) is 1. The molecule has 7 heteroatoms. The molecular formula is C55H46IrN4O2-2. The summed E-state index contributed by atoms with van der Waals surface area (Å²) in [6.45, 7) is 8.07. The van der Waals surface area contributed by atoms with Crippen LogP contribution in [0, 0.1) is 24.0 Å². The van der Waals surface area contributed by atoms with E-state index < -0.39 is 0 Å². The molecule has 6 aromatic heterocycles. The van der Waals surface area contributed by atoms with E-state index in [1.807, 2.05) is 40.1 Å². The predicted molar refractivity (Wildman–Crippen MR) is 254 cm³/mol. The van der Waals surface area contributed by atoms with Crippen LogP contribution in [0.5, 0.6) is 0 Å². The molecule has 0 amide bonds. The second-order valence-corrected chi connectivity index (χ2v) is 16.1. The molecule has 12 rings (SSSR count). The smallest absolute Gasteiger partial charge is 0.162 e. The number of benzene rings is 6. The minimum atomic E-state index is 0. The topological polar surface area (TPSA) is 71.9 Å². The summed E-state index contributed by atoms with van der Waals surface area (Å²) >= 11 is 0. The minimum absolute atomic E-state index is 0. The molecule has 0 fully saturated rings. The van der Waals surface area contributed by atoms with Gasteiger partial charge >= 0.3 is 0 Å². The van der Waals surface area contributed by atoms with Gasteiger partial charge in [0, 0.05) is 84.9 Å². The van der Waals surface area contributed by atoms with Gasteiger partial charge in [-0.3, -0.25) is 14.8 Å². The first-order valence-electron chi connectivity index (χ1n) is 21.5. The molecule has 0 saturated carbocycles. The van der Waals surface area contributed by atoms with Crippen LogP contribution < -0.4 is 0 Å². The van der Waals surface area contributed by atoms with E-state index in [1.54, 1.807) is 0 Å². The van der Waals surface area contributed by atoms with E-state index in [0.717, 1.165) is 69.3 Å². The van der Waals surface area contributed by atoms with E-state index in [-0.39, 0.29) is 43.5 Å². The Hall–Kier alpha value is -6.40. The van der Waals surface area contributed by atoms with Crippen molar-refractivity contribution in [1.29, 1.82) is 0 Å². The van der Waals surface area contributed by atoms with E-state index >= 15 is 0 Å². The van der Waals surface area contributed by atoms with Gasteiger partial charge in [0.05, 0.1) is 5.76 Å². The summed E-state index contributed by atoms with van der Waals surface area (Å²) < 4.78 is 4.56. The summed E-state index contributed by atoms with van der Waals surface area (Å²) in [7, 11) is 0. The molecule has 0 unspecified atom stereocenters. The Morgan fingerprint density at radius 1 is 0.581 bits per heavy atom. The van der Waals surface area contributed by atoms with Gasteiger partial charge < -0.3 is 13.9 Å². The van der Waals surface area contributed by atoms with Gasteiger partial charge in [0.1, 0.15) is 0 Å². The van der Waals surface area contributed by atoms with E-state index in [9.17, 15) is 9.90 Å². The zero-order chi connectivity index (χ0) is 41.8. The molecule has 62 heavy (non-hydrogen) atoms. The molecule has 309 valence electrons. The zero-order valence-corrected chi connectivity index (χ0v) is 37.6. The number of carbonyl (C=O) groups is 1. The van der Waals surface area contributed by atoms with Crippen LogP contribution in [-0.4, -0.2) is 29.7 Å². The average molecular weight is 987 g/mol. The van der Waals surface area contributed by atoms with Crippen LogP contribution in [0.25, 0.3) is 97.7 Å². The van der Waals surface area contributed by atoms with Crippen LogP contribution in [0.1, 0.15) is 53.4 Å². The molecule has 12 aromatic rings. The molecule has 6 heterocycles. The number of allylic oxidation sites excluding steroid dienone is 2. The molecule has 0 aliphatic carbocycles. The Morgan fingerprint density at radius 3 is 1.47 bits per heavy atom. The first-order chi connectivity index (χ1) is 29.9. The number of aliphatic hydroxyl groups excluding tert-OH is 1. The van der Waals surface area contributed by atoms with Crippen molar-refractivity contribution >= 4 is 104 Å². The molecular weight excluding hydrogens is 941 g/mol. The summed E-state index contributed by atoms with van der Waals surface area (Å²) in [6.07, 6.45) is 13.0. The predicted octanol–water partition coefficient (Wildman–Crippen LogP) is 14.2. The molecule has 1 N–H and O–H groups in total. The van der Waals surface area contributed by atoms with Gasteiger partial charge in [0.2, 0.25) is 0 Å². The average Bonchev–Trinajstić information content (AvgIpc) is 3.95. The number of rotatable bonds is 7. The van der Waals surface area contributed by atoms with Gasteiger partial charge in [-0.1, -0.05) is 122 Å². The third kappa shape index (κ3) is 6.81. The third-order valence-electron chi connectivity index (χ3n) is 12.8. The van der Waals surface area contributed by atoms with Crippen LogP contribution in [0.2, 0.25) is 0 Å². The van der Waals surface area contributed by atoms with Crippen LogP contribution in [0.3, 0.4) is 0 Å². The number of ketones is 1. The van der Waals surface area contributed by atoms with Gasteiger partial charge in [-0.2, -0.15) is 0 Å². The summed E-state index contributed by atoms with van der Waals surface area (Å²) in [5, 5.41) is 24.1. The van der Waals surface area contributed by atoms with Crippen molar-refractivity contribution in [2.24, 2.45) is 11.8 Å². The van der Waals surface area contributed by atoms with Crippen LogP contribution in [0.4, 0.5) is 0 Å². The molecule has 0 atom stereocenters. The molecule has 6 aromatic carbocycles. The number of nitrogens with zero attached hydrogens (tertiary/aromatic N) is 4. The largest absolute Gasteiger partial charge is 0.512 e. The number of pyridine rings is 4. The maximum atomic E-state index is 11.7. The number of aromatic nitrogens is 4. The van der Waals surface area contributed by atoms with Crippen molar-refractivity contribution in [1.82, 2.24) is 18.8 Å². The number of hydrogen-bond acceptors (Lipinski definition) is 4. The summed E-state index contributed by atoms with van der Waals surface area (Å²) in [6, 6.07) is 45.7. The normalized spacial score (nSPS) is 12.2. The second kappa shape index (κ2) is 16.8. The van der Waals surface area contributed by atoms with E-state index in [2.05, 4.69) is 143 Å². The van der Waals surface area contributed by atoms with Gasteiger partial charge in [0.25, 0.3) is 0 Å². The van der Waals surface area contributed by atoms with Gasteiger partial charge in [-0.15, -0.1) is 35.0 Å². The fourth-order valence-electron chi connectivity index (χ4n) is 9.39.